The second-order valence-electron chi connectivity index (χ2n) is 3.97. The van der Waals surface area contributed by atoms with Crippen molar-refractivity contribution in [3.8, 4) is 11.5 Å². The number of aromatic nitrogens is 2. The quantitative estimate of drug-likeness (QED) is 0.841. The minimum atomic E-state index is -0.222. The third-order valence-electron chi connectivity index (χ3n) is 2.15. The smallest absolute Gasteiger partial charge is 0.258 e. The fraction of sp³-hybridized carbons (Fsp3) is 0.400. The molecule has 7 heteroatoms. The molecule has 0 aliphatic heterocycles. The Kier molecular flexibility index (Phi) is 4.13. The summed E-state index contributed by atoms with van der Waals surface area (Å²) in [4.78, 5) is 6.31. The van der Waals surface area contributed by atoms with Gasteiger partial charge in [-0.25, -0.2) is 0 Å². The van der Waals surface area contributed by atoms with Gasteiger partial charge in [0.1, 0.15) is 0 Å². The van der Waals surface area contributed by atoms with Gasteiger partial charge in [-0.2, -0.15) is 4.98 Å². The summed E-state index contributed by atoms with van der Waals surface area (Å²) < 4.78 is 6.40. The third-order valence-corrected chi connectivity index (χ3v) is 3.94. The number of halogens is 1. The van der Waals surface area contributed by atoms with Gasteiger partial charge >= 0.3 is 0 Å². The molecule has 0 saturated heterocycles. The second kappa shape index (κ2) is 5.42. The fourth-order valence-corrected chi connectivity index (χ4v) is 2.72. The topological polar surface area (TPSA) is 68.2 Å². The van der Waals surface area contributed by atoms with Gasteiger partial charge in [-0.15, -0.1) is 11.3 Å². The van der Waals surface area contributed by atoms with Gasteiger partial charge < -0.3 is 15.2 Å². The molecule has 0 spiro atoms. The van der Waals surface area contributed by atoms with Gasteiger partial charge in [0.15, 0.2) is 5.82 Å². The first-order valence-electron chi connectivity index (χ1n) is 5.04. The maximum atomic E-state index is 5.97. The molecular formula is C10H13IN4OS. The Bertz CT molecular complexity index is 496. The first-order chi connectivity index (χ1) is 8.06. The van der Waals surface area contributed by atoms with Crippen molar-refractivity contribution in [1.29, 1.82) is 0 Å². The number of thiophene rings is 1. The van der Waals surface area contributed by atoms with Crippen molar-refractivity contribution in [3.63, 3.8) is 0 Å². The maximum Gasteiger partial charge on any atom is 0.258 e. The average molecular weight is 364 g/mol. The molecule has 2 rings (SSSR count). The number of hydrogen-bond acceptors (Lipinski definition) is 6. The van der Waals surface area contributed by atoms with Crippen LogP contribution in [0.1, 0.15) is 11.9 Å². The van der Waals surface area contributed by atoms with Gasteiger partial charge in [-0.3, -0.25) is 0 Å². The van der Waals surface area contributed by atoms with Crippen LogP contribution >= 0.6 is 33.9 Å². The summed E-state index contributed by atoms with van der Waals surface area (Å²) in [5, 5.41) is 5.92. The van der Waals surface area contributed by atoms with Gasteiger partial charge in [0.2, 0.25) is 0 Å². The van der Waals surface area contributed by atoms with E-state index in [2.05, 4.69) is 32.7 Å². The van der Waals surface area contributed by atoms with Crippen molar-refractivity contribution >= 4 is 33.9 Å². The molecule has 2 aromatic rings. The third kappa shape index (κ3) is 3.24. The van der Waals surface area contributed by atoms with E-state index >= 15 is 0 Å². The normalized spacial score (nSPS) is 13.2. The zero-order chi connectivity index (χ0) is 12.4. The lowest BCUT2D eigenvalue weighted by Gasteiger charge is -2.12. The standard InChI is InChI=1S/C10H13IN4OS/c1-15(2)4-7(12)9-13-10(16-14-9)6-3-8(11)17-5-6/h3,5,7H,4,12H2,1-2H3. The van der Waals surface area contributed by atoms with Gasteiger partial charge in [-0.1, -0.05) is 5.16 Å². The summed E-state index contributed by atoms with van der Waals surface area (Å²) in [5.74, 6) is 1.09. The van der Waals surface area contributed by atoms with E-state index in [4.69, 9.17) is 10.3 Å². The Hall–Kier alpha value is -0.510. The minimum absolute atomic E-state index is 0.222. The Balaban J connectivity index is 2.15. The van der Waals surface area contributed by atoms with Crippen LogP contribution in [0, 0.1) is 2.88 Å². The number of hydrogen-bond donors (Lipinski definition) is 1. The maximum absolute atomic E-state index is 5.97. The summed E-state index contributed by atoms with van der Waals surface area (Å²) in [6.07, 6.45) is 0. The Morgan fingerprint density at radius 1 is 1.59 bits per heavy atom. The molecule has 0 bridgehead atoms. The molecule has 17 heavy (non-hydrogen) atoms. The number of nitrogens with zero attached hydrogens (tertiary/aromatic N) is 3. The monoisotopic (exact) mass is 364 g/mol. The highest BCUT2D eigenvalue weighted by molar-refractivity contribution is 14.1. The zero-order valence-electron chi connectivity index (χ0n) is 9.55. The predicted molar refractivity (Wildman–Crippen MR) is 75.8 cm³/mol. The van der Waals surface area contributed by atoms with Crippen molar-refractivity contribution < 1.29 is 4.52 Å². The second-order valence-corrected chi connectivity index (χ2v) is 6.77. The van der Waals surface area contributed by atoms with E-state index < -0.39 is 0 Å². The average Bonchev–Trinajstić information content (AvgIpc) is 2.84. The van der Waals surface area contributed by atoms with E-state index in [1.807, 2.05) is 30.4 Å². The van der Waals surface area contributed by atoms with Crippen LogP contribution in [0.3, 0.4) is 0 Å². The molecule has 5 nitrogen and oxygen atoms in total. The van der Waals surface area contributed by atoms with E-state index in [0.717, 1.165) is 5.56 Å². The van der Waals surface area contributed by atoms with Crippen LogP contribution in [0.15, 0.2) is 16.0 Å². The highest BCUT2D eigenvalue weighted by Crippen LogP contribution is 2.25. The lowest BCUT2D eigenvalue weighted by atomic mass is 10.3. The summed E-state index contributed by atoms with van der Waals surface area (Å²) >= 11 is 3.91. The van der Waals surface area contributed by atoms with Crippen LogP contribution in [0.5, 0.6) is 0 Å². The van der Waals surface area contributed by atoms with Crippen LogP contribution in [-0.2, 0) is 0 Å². The van der Waals surface area contributed by atoms with Gasteiger partial charge in [0.25, 0.3) is 5.89 Å². The molecule has 2 aromatic heterocycles. The van der Waals surface area contributed by atoms with Crippen LogP contribution < -0.4 is 5.73 Å². The zero-order valence-corrected chi connectivity index (χ0v) is 12.5. The molecule has 2 heterocycles. The Labute approximate surface area is 117 Å². The van der Waals surface area contributed by atoms with Gasteiger partial charge in [0.05, 0.1) is 14.5 Å². The van der Waals surface area contributed by atoms with E-state index in [1.165, 1.54) is 2.88 Å². The number of nitrogens with two attached hydrogens (primary N) is 1. The fourth-order valence-electron chi connectivity index (χ4n) is 1.40. The predicted octanol–water partition coefficient (Wildman–Crippen LogP) is 1.96. The lowest BCUT2D eigenvalue weighted by molar-refractivity contribution is 0.357. The van der Waals surface area contributed by atoms with Gasteiger partial charge in [0, 0.05) is 11.9 Å². The van der Waals surface area contributed by atoms with Crippen LogP contribution in [-0.4, -0.2) is 35.7 Å². The summed E-state index contributed by atoms with van der Waals surface area (Å²) in [6.45, 7) is 0.695. The first kappa shape index (κ1) is 12.9. The highest BCUT2D eigenvalue weighted by atomic mass is 127. The van der Waals surface area contributed by atoms with Crippen molar-refractivity contribution in [2.75, 3.05) is 20.6 Å². The van der Waals surface area contributed by atoms with Crippen molar-refractivity contribution in [2.45, 2.75) is 6.04 Å². The molecule has 0 aromatic carbocycles. The summed E-state index contributed by atoms with van der Waals surface area (Å²) in [7, 11) is 3.92. The SMILES string of the molecule is CN(C)CC(N)c1noc(-c2csc(I)c2)n1. The van der Waals surface area contributed by atoms with Crippen molar-refractivity contribution in [3.05, 3.63) is 20.2 Å². The molecule has 92 valence electrons. The largest absolute Gasteiger partial charge is 0.334 e. The first-order valence-corrected chi connectivity index (χ1v) is 7.00. The van der Waals surface area contributed by atoms with E-state index in [0.29, 0.717) is 18.3 Å². The summed E-state index contributed by atoms with van der Waals surface area (Å²) in [5.41, 5.74) is 6.92. The molecule has 2 N–H and O–H groups in total. The molecule has 0 aliphatic rings. The van der Waals surface area contributed by atoms with Crippen molar-refractivity contribution in [2.24, 2.45) is 5.73 Å². The molecule has 1 atom stereocenters. The molecule has 1 unspecified atom stereocenters. The number of rotatable bonds is 4. The highest BCUT2D eigenvalue weighted by Gasteiger charge is 2.16. The van der Waals surface area contributed by atoms with Crippen LogP contribution in [0.4, 0.5) is 0 Å². The van der Waals surface area contributed by atoms with Gasteiger partial charge in [-0.05, 0) is 42.8 Å². The van der Waals surface area contributed by atoms with E-state index in [9.17, 15) is 0 Å². The lowest BCUT2D eigenvalue weighted by Crippen LogP contribution is -2.26. The molecule has 0 aliphatic carbocycles. The van der Waals surface area contributed by atoms with E-state index in [-0.39, 0.29) is 6.04 Å². The molecule has 0 saturated carbocycles. The van der Waals surface area contributed by atoms with Crippen molar-refractivity contribution in [1.82, 2.24) is 15.0 Å². The molecular weight excluding hydrogens is 351 g/mol. The van der Waals surface area contributed by atoms with E-state index in [1.54, 1.807) is 11.3 Å². The molecule has 0 radical (unpaired) electrons. The minimum Gasteiger partial charge on any atom is -0.334 e. The Morgan fingerprint density at radius 2 is 2.35 bits per heavy atom. The van der Waals surface area contributed by atoms with Crippen LogP contribution in [0.2, 0.25) is 0 Å². The molecule has 0 fully saturated rings. The Morgan fingerprint density at radius 3 is 2.94 bits per heavy atom. The number of likely N-dealkylation sites (N-methyl/N-ethyl adjacent to an activating group) is 1. The summed E-state index contributed by atoms with van der Waals surface area (Å²) in [6, 6.07) is 1.79. The molecule has 0 amide bonds. The van der Waals surface area contributed by atoms with Crippen LogP contribution in [0.25, 0.3) is 11.5 Å².